The summed E-state index contributed by atoms with van der Waals surface area (Å²) in [6.07, 6.45) is 0.00917. The first kappa shape index (κ1) is 11.0. The number of benzene rings is 1. The molecule has 3 nitrogen and oxygen atoms in total. The van der Waals surface area contributed by atoms with E-state index >= 15 is 0 Å². The summed E-state index contributed by atoms with van der Waals surface area (Å²) in [6.45, 7) is 1.91. The lowest BCUT2D eigenvalue weighted by molar-refractivity contribution is -0.136. The zero-order valence-corrected chi connectivity index (χ0v) is 9.59. The minimum absolute atomic E-state index is 0.00917. The Bertz CT molecular complexity index is 361. The highest BCUT2D eigenvalue weighted by molar-refractivity contribution is 9.10. The van der Waals surface area contributed by atoms with Gasteiger partial charge < -0.3 is 9.84 Å². The predicted molar refractivity (Wildman–Crippen MR) is 56.8 cm³/mol. The molecule has 0 radical (unpaired) electrons. The molecule has 14 heavy (non-hydrogen) atoms. The van der Waals surface area contributed by atoms with Crippen molar-refractivity contribution in [2.24, 2.45) is 0 Å². The van der Waals surface area contributed by atoms with Gasteiger partial charge in [0.25, 0.3) is 0 Å². The number of carbonyl (C=O) groups is 1. The zero-order chi connectivity index (χ0) is 10.7. The monoisotopic (exact) mass is 258 g/mol. The molecule has 1 aromatic carbocycles. The van der Waals surface area contributed by atoms with E-state index in [2.05, 4.69) is 15.9 Å². The lowest BCUT2D eigenvalue weighted by Crippen LogP contribution is -2.01. The summed E-state index contributed by atoms with van der Waals surface area (Å²) >= 11 is 3.35. The van der Waals surface area contributed by atoms with Gasteiger partial charge in [-0.25, -0.2) is 0 Å². The third-order valence-electron chi connectivity index (χ3n) is 1.93. The predicted octanol–water partition coefficient (Wildman–Crippen LogP) is 2.39. The fraction of sp³-hybridized carbons (Fsp3) is 0.300. The number of hydrogen-bond acceptors (Lipinski definition) is 2. The van der Waals surface area contributed by atoms with Gasteiger partial charge in [0.15, 0.2) is 0 Å². The van der Waals surface area contributed by atoms with E-state index in [0.717, 1.165) is 15.6 Å². The molecule has 1 aromatic rings. The summed E-state index contributed by atoms with van der Waals surface area (Å²) in [4.78, 5) is 10.5. The van der Waals surface area contributed by atoms with E-state index in [1.54, 1.807) is 19.2 Å². The van der Waals surface area contributed by atoms with Crippen LogP contribution in [0.2, 0.25) is 0 Å². The van der Waals surface area contributed by atoms with E-state index < -0.39 is 5.97 Å². The number of carboxylic acids is 1. The third kappa shape index (κ3) is 2.48. The summed E-state index contributed by atoms with van der Waals surface area (Å²) in [5.41, 5.74) is 1.70. The number of halogens is 1. The van der Waals surface area contributed by atoms with E-state index in [1.165, 1.54) is 0 Å². The van der Waals surface area contributed by atoms with Gasteiger partial charge in [0, 0.05) is 10.0 Å². The maximum Gasteiger partial charge on any atom is 0.307 e. The van der Waals surface area contributed by atoms with Gasteiger partial charge in [0.05, 0.1) is 13.5 Å². The molecule has 0 fully saturated rings. The lowest BCUT2D eigenvalue weighted by Gasteiger charge is -2.08. The molecule has 76 valence electrons. The van der Waals surface area contributed by atoms with Crippen molar-refractivity contribution < 1.29 is 14.6 Å². The number of aliphatic carboxylic acids is 1. The first-order valence-corrected chi connectivity index (χ1v) is 4.88. The average Bonchev–Trinajstić information content (AvgIpc) is 2.10. The number of rotatable bonds is 3. The summed E-state index contributed by atoms with van der Waals surface area (Å²) < 4.78 is 5.99. The maximum absolute atomic E-state index is 10.5. The third-order valence-corrected chi connectivity index (χ3v) is 2.76. The Morgan fingerprint density at radius 1 is 1.57 bits per heavy atom. The summed E-state index contributed by atoms with van der Waals surface area (Å²) in [6, 6.07) is 3.54. The number of carboxylic acid groups (broad SMARTS) is 1. The fourth-order valence-electron chi connectivity index (χ4n) is 1.20. The Kier molecular flexibility index (Phi) is 3.52. The van der Waals surface area contributed by atoms with Gasteiger partial charge in [-0.3, -0.25) is 4.79 Å². The molecular weight excluding hydrogens is 248 g/mol. The average molecular weight is 259 g/mol. The molecule has 0 atom stereocenters. The lowest BCUT2D eigenvalue weighted by atomic mass is 10.1. The molecule has 0 aliphatic rings. The van der Waals surface area contributed by atoms with Crippen LogP contribution in [-0.2, 0) is 11.2 Å². The van der Waals surface area contributed by atoms with Gasteiger partial charge in [-0.2, -0.15) is 0 Å². The minimum Gasteiger partial charge on any atom is -0.496 e. The largest absolute Gasteiger partial charge is 0.496 e. The molecule has 0 saturated carbocycles. The van der Waals surface area contributed by atoms with E-state index in [9.17, 15) is 4.79 Å². The Morgan fingerprint density at radius 2 is 2.21 bits per heavy atom. The van der Waals surface area contributed by atoms with Crippen LogP contribution >= 0.6 is 15.9 Å². The summed E-state index contributed by atoms with van der Waals surface area (Å²) in [7, 11) is 1.57. The molecule has 0 spiro atoms. The highest BCUT2D eigenvalue weighted by Gasteiger charge is 2.07. The molecule has 0 aliphatic heterocycles. The van der Waals surface area contributed by atoms with Gasteiger partial charge >= 0.3 is 5.97 Å². The second kappa shape index (κ2) is 4.46. The molecule has 0 aromatic heterocycles. The van der Waals surface area contributed by atoms with Crippen LogP contribution in [0.5, 0.6) is 5.75 Å². The molecule has 0 unspecified atom stereocenters. The molecule has 0 heterocycles. The highest BCUT2D eigenvalue weighted by atomic mass is 79.9. The Labute approximate surface area is 90.8 Å². The van der Waals surface area contributed by atoms with Crippen molar-refractivity contribution in [3.63, 3.8) is 0 Å². The van der Waals surface area contributed by atoms with Crippen molar-refractivity contribution in [2.45, 2.75) is 13.3 Å². The second-order valence-electron chi connectivity index (χ2n) is 2.98. The number of methoxy groups -OCH3 is 1. The molecule has 0 saturated heterocycles. The second-order valence-corrected chi connectivity index (χ2v) is 3.83. The first-order valence-electron chi connectivity index (χ1n) is 4.09. The summed E-state index contributed by atoms with van der Waals surface area (Å²) in [5.74, 6) is -0.140. The van der Waals surface area contributed by atoms with Crippen molar-refractivity contribution in [1.82, 2.24) is 0 Å². The molecule has 1 rings (SSSR count). The van der Waals surface area contributed by atoms with Crippen LogP contribution in [0.4, 0.5) is 0 Å². The van der Waals surface area contributed by atoms with Crippen LogP contribution in [0, 0.1) is 6.92 Å². The standard InChI is InChI=1S/C10H11BrO3/c1-6-8(11)3-7(5-10(12)13)4-9(6)14-2/h3-4H,5H2,1-2H3,(H,12,13). The van der Waals surface area contributed by atoms with Gasteiger partial charge in [0.2, 0.25) is 0 Å². The molecule has 0 bridgehead atoms. The smallest absolute Gasteiger partial charge is 0.307 e. The molecule has 0 aliphatic carbocycles. The topological polar surface area (TPSA) is 46.5 Å². The zero-order valence-electron chi connectivity index (χ0n) is 8.00. The number of ether oxygens (including phenoxy) is 1. The van der Waals surface area contributed by atoms with E-state index in [4.69, 9.17) is 9.84 Å². The van der Waals surface area contributed by atoms with E-state index in [-0.39, 0.29) is 6.42 Å². The van der Waals surface area contributed by atoms with Crippen LogP contribution in [0.3, 0.4) is 0 Å². The van der Waals surface area contributed by atoms with Crippen LogP contribution in [0.1, 0.15) is 11.1 Å². The van der Waals surface area contributed by atoms with Crippen LogP contribution < -0.4 is 4.74 Å². The fourth-order valence-corrected chi connectivity index (χ4v) is 1.69. The minimum atomic E-state index is -0.845. The SMILES string of the molecule is COc1cc(CC(=O)O)cc(Br)c1C. The normalized spacial score (nSPS) is 9.93. The Balaban J connectivity index is 3.09. The van der Waals surface area contributed by atoms with Crippen molar-refractivity contribution >= 4 is 21.9 Å². The van der Waals surface area contributed by atoms with Gasteiger partial charge in [-0.05, 0) is 24.6 Å². The van der Waals surface area contributed by atoms with Crippen molar-refractivity contribution in [3.8, 4) is 5.75 Å². The van der Waals surface area contributed by atoms with Gasteiger partial charge in [0.1, 0.15) is 5.75 Å². The molecule has 4 heteroatoms. The van der Waals surface area contributed by atoms with Crippen molar-refractivity contribution in [2.75, 3.05) is 7.11 Å². The van der Waals surface area contributed by atoms with E-state index in [1.807, 2.05) is 6.92 Å². The molecule has 0 amide bonds. The molecule has 1 N–H and O–H groups in total. The molecular formula is C10H11BrO3. The highest BCUT2D eigenvalue weighted by Crippen LogP contribution is 2.27. The van der Waals surface area contributed by atoms with Crippen molar-refractivity contribution in [3.05, 3.63) is 27.7 Å². The Hall–Kier alpha value is -1.03. The van der Waals surface area contributed by atoms with Crippen LogP contribution in [0.15, 0.2) is 16.6 Å². The van der Waals surface area contributed by atoms with Crippen LogP contribution in [0.25, 0.3) is 0 Å². The van der Waals surface area contributed by atoms with Crippen LogP contribution in [-0.4, -0.2) is 18.2 Å². The van der Waals surface area contributed by atoms with Gasteiger partial charge in [-0.1, -0.05) is 15.9 Å². The summed E-state index contributed by atoms with van der Waals surface area (Å²) in [5, 5.41) is 8.63. The number of hydrogen-bond donors (Lipinski definition) is 1. The maximum atomic E-state index is 10.5. The van der Waals surface area contributed by atoms with Gasteiger partial charge in [-0.15, -0.1) is 0 Å². The van der Waals surface area contributed by atoms with E-state index in [0.29, 0.717) is 5.75 Å². The quantitative estimate of drug-likeness (QED) is 0.906. The first-order chi connectivity index (χ1) is 6.54. The van der Waals surface area contributed by atoms with Crippen molar-refractivity contribution in [1.29, 1.82) is 0 Å². The Morgan fingerprint density at radius 3 is 2.71 bits per heavy atom.